The third-order valence-corrected chi connectivity index (χ3v) is 3.74. The summed E-state index contributed by atoms with van der Waals surface area (Å²) in [6.45, 7) is 8.03. The van der Waals surface area contributed by atoms with E-state index in [0.717, 1.165) is 23.7 Å². The van der Waals surface area contributed by atoms with Crippen molar-refractivity contribution >= 4 is 11.4 Å². The highest BCUT2D eigenvalue weighted by molar-refractivity contribution is 5.66. The van der Waals surface area contributed by atoms with Crippen LogP contribution in [0.2, 0.25) is 0 Å². The third-order valence-electron chi connectivity index (χ3n) is 3.74. The smallest absolute Gasteiger partial charge is 0.119 e. The number of hydrogen-bond acceptors (Lipinski definition) is 3. The largest absolute Gasteiger partial charge is 0.492 e. The molecular weight excluding hydrogens is 272 g/mol. The van der Waals surface area contributed by atoms with Gasteiger partial charge >= 0.3 is 0 Å². The Labute approximate surface area is 133 Å². The van der Waals surface area contributed by atoms with E-state index < -0.39 is 0 Å². The monoisotopic (exact) mass is 298 g/mol. The van der Waals surface area contributed by atoms with Gasteiger partial charge in [-0.1, -0.05) is 45.0 Å². The Bertz CT molecular complexity index is 617. The van der Waals surface area contributed by atoms with Gasteiger partial charge in [-0.15, -0.1) is 0 Å². The molecule has 0 atom stereocenters. The molecule has 0 radical (unpaired) electrons. The van der Waals surface area contributed by atoms with Crippen molar-refractivity contribution in [2.45, 2.75) is 26.2 Å². The summed E-state index contributed by atoms with van der Waals surface area (Å²) in [6.07, 6.45) is 0. The van der Waals surface area contributed by atoms with Gasteiger partial charge in [-0.25, -0.2) is 0 Å². The summed E-state index contributed by atoms with van der Waals surface area (Å²) in [4.78, 5) is 2.11. The molecule has 0 aromatic heterocycles. The number of nitrogens with two attached hydrogens (primary N) is 1. The second-order valence-electron chi connectivity index (χ2n) is 6.61. The van der Waals surface area contributed by atoms with Crippen LogP contribution in [0.4, 0.5) is 11.4 Å². The summed E-state index contributed by atoms with van der Waals surface area (Å²) in [5, 5.41) is 0. The van der Waals surface area contributed by atoms with E-state index in [-0.39, 0.29) is 5.41 Å². The lowest BCUT2D eigenvalue weighted by Gasteiger charge is -2.22. The highest BCUT2D eigenvalue weighted by Gasteiger charge is 2.14. The summed E-state index contributed by atoms with van der Waals surface area (Å²) in [6, 6.07) is 16.2. The van der Waals surface area contributed by atoms with Crippen LogP contribution in [0.25, 0.3) is 0 Å². The number of anilines is 2. The number of nitrogen functional groups attached to an aromatic ring is 1. The van der Waals surface area contributed by atoms with Gasteiger partial charge in [-0.05, 0) is 35.2 Å². The number of benzene rings is 2. The molecular formula is C19H26N2O. The van der Waals surface area contributed by atoms with Crippen LogP contribution >= 0.6 is 0 Å². The summed E-state index contributed by atoms with van der Waals surface area (Å²) in [5.74, 6) is 0.918. The normalized spacial score (nSPS) is 11.3. The van der Waals surface area contributed by atoms with Crippen LogP contribution < -0.4 is 15.4 Å². The minimum absolute atomic E-state index is 0.134. The number of hydrogen-bond donors (Lipinski definition) is 1. The molecule has 0 unspecified atom stereocenters. The lowest BCUT2D eigenvalue weighted by atomic mass is 9.87. The SMILES string of the molecule is CN(CCOc1cccc(C(C)(C)C)c1)c1ccccc1N. The van der Waals surface area contributed by atoms with Crippen LogP contribution in [-0.2, 0) is 5.41 Å². The Kier molecular flexibility index (Phi) is 4.96. The Hall–Kier alpha value is -2.16. The van der Waals surface area contributed by atoms with Crippen LogP contribution in [0.15, 0.2) is 48.5 Å². The molecule has 2 aromatic carbocycles. The average molecular weight is 298 g/mol. The molecule has 0 fully saturated rings. The molecule has 0 aliphatic heterocycles. The zero-order valence-electron chi connectivity index (χ0n) is 14.0. The van der Waals surface area contributed by atoms with Gasteiger partial charge in [0.2, 0.25) is 0 Å². The maximum atomic E-state index is 5.99. The van der Waals surface area contributed by atoms with Crippen molar-refractivity contribution in [1.29, 1.82) is 0 Å². The number of para-hydroxylation sites is 2. The first kappa shape index (κ1) is 16.2. The molecule has 0 saturated heterocycles. The fraction of sp³-hybridized carbons (Fsp3) is 0.368. The van der Waals surface area contributed by atoms with Crippen LogP contribution in [0.3, 0.4) is 0 Å². The molecule has 0 spiro atoms. The Morgan fingerprint density at radius 1 is 1.05 bits per heavy atom. The first-order chi connectivity index (χ1) is 10.4. The van der Waals surface area contributed by atoms with Gasteiger partial charge in [0.25, 0.3) is 0 Å². The standard InChI is InChI=1S/C19H26N2O/c1-19(2,3)15-8-7-9-16(14-15)22-13-12-21(4)18-11-6-5-10-17(18)20/h5-11,14H,12-13,20H2,1-4H3. The van der Waals surface area contributed by atoms with Gasteiger partial charge in [0.15, 0.2) is 0 Å². The Morgan fingerprint density at radius 2 is 1.77 bits per heavy atom. The van der Waals surface area contributed by atoms with Gasteiger partial charge in [-0.2, -0.15) is 0 Å². The zero-order chi connectivity index (χ0) is 16.2. The van der Waals surface area contributed by atoms with Crippen molar-refractivity contribution in [1.82, 2.24) is 0 Å². The lowest BCUT2D eigenvalue weighted by molar-refractivity contribution is 0.325. The predicted molar refractivity (Wildman–Crippen MR) is 94.8 cm³/mol. The molecule has 0 saturated carbocycles. The highest BCUT2D eigenvalue weighted by Crippen LogP contribution is 2.26. The van der Waals surface area contributed by atoms with Crippen molar-refractivity contribution in [2.24, 2.45) is 0 Å². The van der Waals surface area contributed by atoms with E-state index in [9.17, 15) is 0 Å². The van der Waals surface area contributed by atoms with Crippen LogP contribution in [0, 0.1) is 0 Å². The molecule has 0 heterocycles. The minimum atomic E-state index is 0.134. The van der Waals surface area contributed by atoms with Crippen molar-refractivity contribution in [3.8, 4) is 5.75 Å². The van der Waals surface area contributed by atoms with Crippen LogP contribution in [0.5, 0.6) is 5.75 Å². The van der Waals surface area contributed by atoms with Crippen molar-refractivity contribution in [2.75, 3.05) is 30.8 Å². The first-order valence-electron chi connectivity index (χ1n) is 7.67. The molecule has 0 bridgehead atoms. The fourth-order valence-corrected chi connectivity index (χ4v) is 2.31. The van der Waals surface area contributed by atoms with Gasteiger partial charge in [-0.3, -0.25) is 0 Å². The number of likely N-dealkylation sites (N-methyl/N-ethyl adjacent to an activating group) is 1. The molecule has 2 aromatic rings. The highest BCUT2D eigenvalue weighted by atomic mass is 16.5. The van der Waals surface area contributed by atoms with Gasteiger partial charge in [0, 0.05) is 7.05 Å². The maximum Gasteiger partial charge on any atom is 0.119 e. The Balaban J connectivity index is 1.93. The molecule has 0 amide bonds. The van der Waals surface area contributed by atoms with Crippen LogP contribution in [-0.4, -0.2) is 20.2 Å². The molecule has 3 nitrogen and oxygen atoms in total. The first-order valence-corrected chi connectivity index (χ1v) is 7.67. The second kappa shape index (κ2) is 6.73. The summed E-state index contributed by atoms with van der Waals surface area (Å²) in [5.41, 5.74) is 9.23. The topological polar surface area (TPSA) is 38.5 Å². The summed E-state index contributed by atoms with van der Waals surface area (Å²) >= 11 is 0. The maximum absolute atomic E-state index is 5.99. The molecule has 0 aliphatic rings. The Morgan fingerprint density at radius 3 is 2.45 bits per heavy atom. The van der Waals surface area contributed by atoms with Crippen molar-refractivity contribution < 1.29 is 4.74 Å². The minimum Gasteiger partial charge on any atom is -0.492 e. The molecule has 2 rings (SSSR count). The molecule has 3 heteroatoms. The zero-order valence-corrected chi connectivity index (χ0v) is 14.0. The number of rotatable bonds is 5. The van der Waals surface area contributed by atoms with Gasteiger partial charge in [0.05, 0.1) is 17.9 Å². The van der Waals surface area contributed by atoms with E-state index in [2.05, 4.69) is 43.9 Å². The van der Waals surface area contributed by atoms with E-state index in [4.69, 9.17) is 10.5 Å². The van der Waals surface area contributed by atoms with E-state index in [1.807, 2.05) is 37.4 Å². The van der Waals surface area contributed by atoms with E-state index in [1.54, 1.807) is 0 Å². The molecule has 2 N–H and O–H groups in total. The summed E-state index contributed by atoms with van der Waals surface area (Å²) < 4.78 is 5.89. The molecule has 22 heavy (non-hydrogen) atoms. The lowest BCUT2D eigenvalue weighted by Crippen LogP contribution is -2.24. The number of nitrogens with zero attached hydrogens (tertiary/aromatic N) is 1. The van der Waals surface area contributed by atoms with Gasteiger partial charge in [0.1, 0.15) is 12.4 Å². The summed E-state index contributed by atoms with van der Waals surface area (Å²) in [7, 11) is 2.03. The second-order valence-corrected chi connectivity index (χ2v) is 6.61. The van der Waals surface area contributed by atoms with E-state index in [1.165, 1.54) is 5.56 Å². The third kappa shape index (κ3) is 4.17. The average Bonchev–Trinajstić information content (AvgIpc) is 2.47. The van der Waals surface area contributed by atoms with E-state index in [0.29, 0.717) is 6.61 Å². The predicted octanol–water partition coefficient (Wildman–Crippen LogP) is 4.08. The van der Waals surface area contributed by atoms with Gasteiger partial charge < -0.3 is 15.4 Å². The quantitative estimate of drug-likeness (QED) is 0.845. The fourth-order valence-electron chi connectivity index (χ4n) is 2.31. The van der Waals surface area contributed by atoms with Crippen molar-refractivity contribution in [3.63, 3.8) is 0 Å². The van der Waals surface area contributed by atoms with E-state index >= 15 is 0 Å². The van der Waals surface area contributed by atoms with Crippen molar-refractivity contribution in [3.05, 3.63) is 54.1 Å². The molecule has 118 valence electrons. The van der Waals surface area contributed by atoms with Crippen LogP contribution in [0.1, 0.15) is 26.3 Å². The molecule has 0 aliphatic carbocycles. The number of ether oxygens (including phenoxy) is 1.